The molecule has 2 aromatic rings. The number of hydrogen-bond acceptors (Lipinski definition) is 4. The van der Waals surface area contributed by atoms with Gasteiger partial charge in [-0.2, -0.15) is 0 Å². The second kappa shape index (κ2) is 6.82. The van der Waals surface area contributed by atoms with Crippen molar-refractivity contribution >= 4 is 11.9 Å². The lowest BCUT2D eigenvalue weighted by Gasteiger charge is -2.12. The first kappa shape index (κ1) is 16.2. The molecule has 1 saturated heterocycles. The minimum Gasteiger partial charge on any atom is -0.325 e. The predicted octanol–water partition coefficient (Wildman–Crippen LogP) is 1.56. The van der Waals surface area contributed by atoms with Gasteiger partial charge < -0.3 is 5.32 Å². The SMILES string of the molecule is CC(C)n1cc(CC2NC(=O)N(CCc3ccccc3)C2=O)nn1. The molecule has 1 fully saturated rings. The van der Waals surface area contributed by atoms with Gasteiger partial charge >= 0.3 is 6.03 Å². The summed E-state index contributed by atoms with van der Waals surface area (Å²) in [6.45, 7) is 4.39. The predicted molar refractivity (Wildman–Crippen MR) is 88.3 cm³/mol. The lowest BCUT2D eigenvalue weighted by atomic mass is 10.1. The Labute approximate surface area is 140 Å². The molecule has 126 valence electrons. The number of nitrogens with one attached hydrogen (secondary N) is 1. The van der Waals surface area contributed by atoms with Crippen molar-refractivity contribution in [2.24, 2.45) is 0 Å². The lowest BCUT2D eigenvalue weighted by molar-refractivity contribution is -0.127. The van der Waals surface area contributed by atoms with Gasteiger partial charge in [0, 0.05) is 25.2 Å². The molecule has 24 heavy (non-hydrogen) atoms. The van der Waals surface area contributed by atoms with Gasteiger partial charge in [-0.25, -0.2) is 9.48 Å². The zero-order valence-electron chi connectivity index (χ0n) is 13.8. The van der Waals surface area contributed by atoms with Gasteiger partial charge in [0.2, 0.25) is 0 Å². The smallest absolute Gasteiger partial charge is 0.324 e. The van der Waals surface area contributed by atoms with Gasteiger partial charge in [-0.1, -0.05) is 35.5 Å². The molecule has 1 unspecified atom stereocenters. The van der Waals surface area contributed by atoms with E-state index in [0.29, 0.717) is 25.1 Å². The van der Waals surface area contributed by atoms with E-state index < -0.39 is 6.04 Å². The third-order valence-corrected chi connectivity index (χ3v) is 4.07. The van der Waals surface area contributed by atoms with Crippen molar-refractivity contribution in [3.63, 3.8) is 0 Å². The number of imide groups is 1. The normalized spacial score (nSPS) is 17.6. The standard InChI is InChI=1S/C17H21N5O2/c1-12(2)22-11-14(19-20-22)10-15-16(23)21(17(24)18-15)9-8-13-6-4-3-5-7-13/h3-7,11-12,15H,8-10H2,1-2H3,(H,18,24). The van der Waals surface area contributed by atoms with Crippen molar-refractivity contribution in [1.29, 1.82) is 0 Å². The highest BCUT2D eigenvalue weighted by Gasteiger charge is 2.38. The number of rotatable bonds is 6. The Bertz CT molecular complexity index is 726. The second-order valence-corrected chi connectivity index (χ2v) is 6.22. The first-order chi connectivity index (χ1) is 11.5. The summed E-state index contributed by atoms with van der Waals surface area (Å²) in [5.74, 6) is -0.199. The van der Waals surface area contributed by atoms with E-state index in [1.165, 1.54) is 4.90 Å². The third-order valence-electron chi connectivity index (χ3n) is 4.07. The third kappa shape index (κ3) is 3.45. The summed E-state index contributed by atoms with van der Waals surface area (Å²) in [5, 5.41) is 10.8. The summed E-state index contributed by atoms with van der Waals surface area (Å²) < 4.78 is 1.74. The van der Waals surface area contributed by atoms with Crippen molar-refractivity contribution in [1.82, 2.24) is 25.2 Å². The van der Waals surface area contributed by atoms with E-state index in [-0.39, 0.29) is 18.0 Å². The molecule has 1 aliphatic heterocycles. The van der Waals surface area contributed by atoms with Crippen LogP contribution in [-0.4, -0.2) is 44.4 Å². The van der Waals surface area contributed by atoms with E-state index in [9.17, 15) is 9.59 Å². The first-order valence-electron chi connectivity index (χ1n) is 8.11. The van der Waals surface area contributed by atoms with Crippen molar-refractivity contribution in [2.75, 3.05) is 6.54 Å². The van der Waals surface area contributed by atoms with Gasteiger partial charge in [-0.05, 0) is 25.8 Å². The van der Waals surface area contributed by atoms with E-state index in [4.69, 9.17) is 0 Å². The molecule has 0 saturated carbocycles. The Morgan fingerprint density at radius 1 is 1.21 bits per heavy atom. The molecule has 7 heteroatoms. The highest BCUT2D eigenvalue weighted by Crippen LogP contribution is 2.13. The van der Waals surface area contributed by atoms with Crippen LogP contribution in [0.2, 0.25) is 0 Å². The van der Waals surface area contributed by atoms with Crippen LogP contribution in [0.15, 0.2) is 36.5 Å². The molecular weight excluding hydrogens is 306 g/mol. The Kier molecular flexibility index (Phi) is 4.59. The van der Waals surface area contributed by atoms with Crippen molar-refractivity contribution in [2.45, 2.75) is 38.8 Å². The maximum absolute atomic E-state index is 12.5. The summed E-state index contributed by atoms with van der Waals surface area (Å²) in [7, 11) is 0. The molecule has 0 radical (unpaired) electrons. The van der Waals surface area contributed by atoms with Crippen molar-refractivity contribution in [3.8, 4) is 0 Å². The fourth-order valence-corrected chi connectivity index (χ4v) is 2.68. The molecule has 1 aromatic carbocycles. The van der Waals surface area contributed by atoms with Gasteiger partial charge in [0.15, 0.2) is 0 Å². The van der Waals surface area contributed by atoms with Crippen LogP contribution >= 0.6 is 0 Å². The minimum absolute atomic E-state index is 0.199. The first-order valence-corrected chi connectivity index (χ1v) is 8.11. The van der Waals surface area contributed by atoms with E-state index in [1.807, 2.05) is 50.4 Å². The number of nitrogens with zero attached hydrogens (tertiary/aromatic N) is 4. The summed E-state index contributed by atoms with van der Waals surface area (Å²) in [4.78, 5) is 25.8. The molecule has 1 atom stereocenters. The van der Waals surface area contributed by atoms with Gasteiger partial charge in [0.1, 0.15) is 6.04 Å². The average molecular weight is 327 g/mol. The molecule has 1 aliphatic rings. The van der Waals surface area contributed by atoms with Crippen molar-refractivity contribution in [3.05, 3.63) is 47.8 Å². The van der Waals surface area contributed by atoms with Crippen LogP contribution in [0.4, 0.5) is 4.79 Å². The molecule has 3 rings (SSSR count). The molecule has 0 aliphatic carbocycles. The minimum atomic E-state index is -0.564. The van der Waals surface area contributed by atoms with Crippen LogP contribution in [0.3, 0.4) is 0 Å². The topological polar surface area (TPSA) is 80.1 Å². The lowest BCUT2D eigenvalue weighted by Crippen LogP contribution is -2.34. The maximum atomic E-state index is 12.5. The quantitative estimate of drug-likeness (QED) is 0.817. The summed E-state index contributed by atoms with van der Waals surface area (Å²) in [6.07, 6.45) is 2.83. The largest absolute Gasteiger partial charge is 0.325 e. The van der Waals surface area contributed by atoms with Gasteiger partial charge in [-0.3, -0.25) is 9.69 Å². The van der Waals surface area contributed by atoms with Crippen molar-refractivity contribution < 1.29 is 9.59 Å². The number of hydrogen-bond donors (Lipinski definition) is 1. The second-order valence-electron chi connectivity index (χ2n) is 6.22. The summed E-state index contributed by atoms with van der Waals surface area (Å²) >= 11 is 0. The van der Waals surface area contributed by atoms with E-state index >= 15 is 0 Å². The number of benzene rings is 1. The highest BCUT2D eigenvalue weighted by atomic mass is 16.2. The Morgan fingerprint density at radius 3 is 2.62 bits per heavy atom. The summed E-state index contributed by atoms with van der Waals surface area (Å²) in [5.41, 5.74) is 1.80. The Balaban J connectivity index is 1.61. The van der Waals surface area contributed by atoms with Gasteiger partial charge in [-0.15, -0.1) is 5.10 Å². The number of carbonyl (C=O) groups is 2. The van der Waals surface area contributed by atoms with E-state index in [0.717, 1.165) is 5.56 Å². The zero-order valence-corrected chi connectivity index (χ0v) is 13.8. The van der Waals surface area contributed by atoms with Crippen LogP contribution in [0.25, 0.3) is 0 Å². The molecule has 1 aromatic heterocycles. The van der Waals surface area contributed by atoms with Crippen LogP contribution in [0.1, 0.15) is 31.1 Å². The Morgan fingerprint density at radius 2 is 1.96 bits per heavy atom. The molecule has 0 spiro atoms. The van der Waals surface area contributed by atoms with Crippen LogP contribution in [-0.2, 0) is 17.6 Å². The molecular formula is C17H21N5O2. The molecule has 7 nitrogen and oxygen atoms in total. The number of aromatic nitrogens is 3. The average Bonchev–Trinajstić information content (AvgIpc) is 3.13. The van der Waals surface area contributed by atoms with E-state index in [1.54, 1.807) is 4.68 Å². The number of amides is 3. The van der Waals surface area contributed by atoms with Crippen LogP contribution in [0, 0.1) is 0 Å². The number of carbonyl (C=O) groups excluding carboxylic acids is 2. The zero-order chi connectivity index (χ0) is 17.1. The van der Waals surface area contributed by atoms with Crippen LogP contribution < -0.4 is 5.32 Å². The number of urea groups is 1. The fraction of sp³-hybridized carbons (Fsp3) is 0.412. The summed E-state index contributed by atoms with van der Waals surface area (Å²) in [6, 6.07) is 9.12. The van der Waals surface area contributed by atoms with Gasteiger partial charge in [0.05, 0.1) is 5.69 Å². The van der Waals surface area contributed by atoms with Gasteiger partial charge in [0.25, 0.3) is 5.91 Å². The molecule has 2 heterocycles. The Hall–Kier alpha value is -2.70. The molecule has 0 bridgehead atoms. The molecule has 3 amide bonds. The van der Waals surface area contributed by atoms with E-state index in [2.05, 4.69) is 15.6 Å². The molecule has 1 N–H and O–H groups in total. The maximum Gasteiger partial charge on any atom is 0.324 e. The van der Waals surface area contributed by atoms with Crippen LogP contribution in [0.5, 0.6) is 0 Å². The fourth-order valence-electron chi connectivity index (χ4n) is 2.68. The monoisotopic (exact) mass is 327 g/mol. The highest BCUT2D eigenvalue weighted by molar-refractivity contribution is 6.04.